The number of hydrogen-bond acceptors (Lipinski definition) is 7. The Hall–Kier alpha value is -2.75. The van der Waals surface area contributed by atoms with Gasteiger partial charge in [-0.3, -0.25) is 24.2 Å². The molecule has 0 saturated carbocycles. The van der Waals surface area contributed by atoms with E-state index in [1.54, 1.807) is 42.7 Å². The van der Waals surface area contributed by atoms with Crippen LogP contribution in [0.5, 0.6) is 5.75 Å². The topological polar surface area (TPSA) is 79.4 Å². The van der Waals surface area contributed by atoms with E-state index in [2.05, 4.69) is 16.3 Å². The molecular formula is C25H31N3O5S. The van der Waals surface area contributed by atoms with Gasteiger partial charge in [-0.05, 0) is 29.1 Å². The van der Waals surface area contributed by atoms with Crippen molar-refractivity contribution >= 4 is 29.1 Å². The molecule has 1 unspecified atom stereocenters. The number of piperazine rings is 1. The minimum Gasteiger partial charge on any atom is -0.497 e. The van der Waals surface area contributed by atoms with E-state index in [4.69, 9.17) is 9.47 Å². The summed E-state index contributed by atoms with van der Waals surface area (Å²) in [7, 11) is 3.08. The van der Waals surface area contributed by atoms with Crippen molar-refractivity contribution in [3.8, 4) is 5.75 Å². The molecule has 2 saturated heterocycles. The van der Waals surface area contributed by atoms with Gasteiger partial charge in [-0.15, -0.1) is 11.3 Å². The van der Waals surface area contributed by atoms with Crippen LogP contribution in [0.4, 0.5) is 0 Å². The molecule has 8 nitrogen and oxygen atoms in total. The first-order valence-electron chi connectivity index (χ1n) is 11.5. The van der Waals surface area contributed by atoms with E-state index < -0.39 is 5.41 Å². The Morgan fingerprint density at radius 2 is 1.88 bits per heavy atom. The van der Waals surface area contributed by atoms with E-state index in [0.717, 1.165) is 19.6 Å². The van der Waals surface area contributed by atoms with Gasteiger partial charge in [-0.25, -0.2) is 0 Å². The molecule has 34 heavy (non-hydrogen) atoms. The Morgan fingerprint density at radius 1 is 1.09 bits per heavy atom. The van der Waals surface area contributed by atoms with Gasteiger partial charge in [0.2, 0.25) is 17.7 Å². The second-order valence-electron chi connectivity index (χ2n) is 8.75. The number of thiophene rings is 1. The fraction of sp³-hybridized carbons (Fsp3) is 0.480. The van der Waals surface area contributed by atoms with Gasteiger partial charge in [-0.2, -0.15) is 0 Å². The Morgan fingerprint density at radius 3 is 2.56 bits per heavy atom. The number of carbonyl (C=O) groups is 3. The quantitative estimate of drug-likeness (QED) is 0.507. The normalized spacial score (nSPS) is 21.4. The lowest BCUT2D eigenvalue weighted by Crippen LogP contribution is -2.50. The van der Waals surface area contributed by atoms with E-state index >= 15 is 0 Å². The van der Waals surface area contributed by atoms with Crippen molar-refractivity contribution < 1.29 is 23.9 Å². The molecule has 2 aromatic rings. The highest BCUT2D eigenvalue weighted by molar-refractivity contribution is 7.09. The average molecular weight is 486 g/mol. The maximum atomic E-state index is 13.6. The van der Waals surface area contributed by atoms with Crippen LogP contribution in [0.25, 0.3) is 0 Å². The van der Waals surface area contributed by atoms with Gasteiger partial charge in [0.1, 0.15) is 5.75 Å². The maximum Gasteiger partial charge on any atom is 0.240 e. The number of hydrogen-bond donors (Lipinski definition) is 0. The molecule has 4 rings (SSSR count). The highest BCUT2D eigenvalue weighted by atomic mass is 32.1. The van der Waals surface area contributed by atoms with Crippen LogP contribution in [-0.2, 0) is 31.1 Å². The van der Waals surface area contributed by atoms with Gasteiger partial charge in [0, 0.05) is 57.6 Å². The number of imide groups is 1. The molecule has 0 aliphatic carbocycles. The molecule has 0 radical (unpaired) electrons. The molecule has 1 aromatic heterocycles. The van der Waals surface area contributed by atoms with Crippen LogP contribution >= 0.6 is 11.3 Å². The molecule has 2 aliphatic heterocycles. The Bertz CT molecular complexity index is 1020. The number of benzene rings is 1. The standard InChI is InChI=1S/C25H31N3O5S/c1-32-13-12-28-23(30)17-25(24(28)31,19-5-3-6-20(15-19)33-2)16-22(29)27-10-8-26(9-11-27)18-21-7-4-14-34-21/h3-7,14-15H,8-13,16-18H2,1-2H3. The first-order chi connectivity index (χ1) is 16.5. The first kappa shape index (κ1) is 24.4. The molecule has 3 heterocycles. The van der Waals surface area contributed by atoms with Crippen LogP contribution < -0.4 is 4.74 Å². The van der Waals surface area contributed by atoms with Crippen LogP contribution in [-0.4, -0.2) is 86.0 Å². The summed E-state index contributed by atoms with van der Waals surface area (Å²) in [6, 6.07) is 11.3. The Labute approximate surface area is 204 Å². The SMILES string of the molecule is COCCN1C(=O)CC(CC(=O)N2CCN(Cc3cccs3)CC2)(c2cccc(OC)c2)C1=O. The summed E-state index contributed by atoms with van der Waals surface area (Å²) in [6.45, 7) is 4.09. The summed E-state index contributed by atoms with van der Waals surface area (Å²) >= 11 is 1.74. The zero-order valence-corrected chi connectivity index (χ0v) is 20.5. The average Bonchev–Trinajstić information content (AvgIpc) is 3.44. The monoisotopic (exact) mass is 485 g/mol. The number of amides is 3. The van der Waals surface area contributed by atoms with Crippen molar-refractivity contribution in [3.63, 3.8) is 0 Å². The molecule has 0 spiro atoms. The smallest absolute Gasteiger partial charge is 0.240 e. The van der Waals surface area contributed by atoms with Crippen molar-refractivity contribution in [2.24, 2.45) is 0 Å². The third-order valence-corrected chi connectivity index (χ3v) is 7.55. The number of nitrogens with zero attached hydrogens (tertiary/aromatic N) is 3. The number of methoxy groups -OCH3 is 2. The van der Waals surface area contributed by atoms with Gasteiger partial charge in [-0.1, -0.05) is 18.2 Å². The molecule has 3 amide bonds. The fourth-order valence-corrected chi connectivity index (χ4v) is 5.49. The van der Waals surface area contributed by atoms with Gasteiger partial charge in [0.05, 0.1) is 25.7 Å². The lowest BCUT2D eigenvalue weighted by Gasteiger charge is -2.36. The minimum absolute atomic E-state index is 0.0349. The lowest BCUT2D eigenvalue weighted by molar-refractivity contribution is -0.143. The number of ether oxygens (including phenoxy) is 2. The predicted octanol–water partition coefficient (Wildman–Crippen LogP) is 2.13. The van der Waals surface area contributed by atoms with Gasteiger partial charge < -0.3 is 14.4 Å². The molecule has 2 aliphatic rings. The second kappa shape index (κ2) is 10.7. The third-order valence-electron chi connectivity index (χ3n) is 6.69. The van der Waals surface area contributed by atoms with Crippen molar-refractivity contribution in [2.75, 3.05) is 53.6 Å². The van der Waals surface area contributed by atoms with Crippen molar-refractivity contribution in [1.82, 2.24) is 14.7 Å². The van der Waals surface area contributed by atoms with Crippen LogP contribution in [0.1, 0.15) is 23.3 Å². The zero-order chi connectivity index (χ0) is 24.1. The minimum atomic E-state index is -1.23. The van der Waals surface area contributed by atoms with E-state index in [9.17, 15) is 14.4 Å². The molecular weight excluding hydrogens is 454 g/mol. The summed E-state index contributed by atoms with van der Waals surface area (Å²) in [5, 5.41) is 2.07. The van der Waals surface area contributed by atoms with E-state index in [1.807, 2.05) is 11.0 Å². The fourth-order valence-electron chi connectivity index (χ4n) is 4.74. The highest BCUT2D eigenvalue weighted by Gasteiger charge is 2.54. The molecule has 0 N–H and O–H groups in total. The number of likely N-dealkylation sites (tertiary alicyclic amines) is 1. The molecule has 1 atom stereocenters. The summed E-state index contributed by atoms with van der Waals surface area (Å²) in [5.74, 6) is -0.138. The van der Waals surface area contributed by atoms with Crippen LogP contribution in [0.15, 0.2) is 41.8 Å². The van der Waals surface area contributed by atoms with Crippen molar-refractivity contribution in [3.05, 3.63) is 52.2 Å². The van der Waals surface area contributed by atoms with Crippen molar-refractivity contribution in [2.45, 2.75) is 24.8 Å². The van der Waals surface area contributed by atoms with E-state index in [0.29, 0.717) is 24.4 Å². The van der Waals surface area contributed by atoms with Crippen LogP contribution in [0.3, 0.4) is 0 Å². The zero-order valence-electron chi connectivity index (χ0n) is 19.7. The van der Waals surface area contributed by atoms with Gasteiger partial charge >= 0.3 is 0 Å². The van der Waals surface area contributed by atoms with Crippen molar-refractivity contribution in [1.29, 1.82) is 0 Å². The van der Waals surface area contributed by atoms with E-state index in [-0.39, 0.29) is 43.7 Å². The largest absolute Gasteiger partial charge is 0.497 e. The maximum absolute atomic E-state index is 13.6. The molecule has 9 heteroatoms. The summed E-state index contributed by atoms with van der Waals surface area (Å²) in [4.78, 5) is 46.7. The summed E-state index contributed by atoms with van der Waals surface area (Å²) < 4.78 is 10.4. The summed E-state index contributed by atoms with van der Waals surface area (Å²) in [6.07, 6.45) is -0.0774. The van der Waals surface area contributed by atoms with Gasteiger partial charge in [0.25, 0.3) is 0 Å². The second-order valence-corrected chi connectivity index (χ2v) is 9.78. The van der Waals surface area contributed by atoms with Crippen LogP contribution in [0.2, 0.25) is 0 Å². The third kappa shape index (κ3) is 5.01. The molecule has 2 fully saturated rings. The van der Waals surface area contributed by atoms with Crippen LogP contribution in [0, 0.1) is 0 Å². The van der Waals surface area contributed by atoms with E-state index in [1.165, 1.54) is 16.9 Å². The number of carbonyl (C=O) groups excluding carboxylic acids is 3. The molecule has 1 aromatic carbocycles. The molecule has 182 valence electrons. The highest BCUT2D eigenvalue weighted by Crippen LogP contribution is 2.41. The summed E-state index contributed by atoms with van der Waals surface area (Å²) in [5.41, 5.74) is -0.598. The first-order valence-corrected chi connectivity index (χ1v) is 12.4. The molecule has 0 bridgehead atoms. The Kier molecular flexibility index (Phi) is 7.65. The Balaban J connectivity index is 1.51. The number of rotatable bonds is 9. The lowest BCUT2D eigenvalue weighted by atomic mass is 9.75. The predicted molar refractivity (Wildman–Crippen MR) is 129 cm³/mol. The van der Waals surface area contributed by atoms with Gasteiger partial charge in [0.15, 0.2) is 0 Å².